The predicted molar refractivity (Wildman–Crippen MR) is 116 cm³/mol. The van der Waals surface area contributed by atoms with E-state index >= 15 is 0 Å². The van der Waals surface area contributed by atoms with Crippen LogP contribution in [-0.2, 0) is 43.3 Å². The van der Waals surface area contributed by atoms with Gasteiger partial charge >= 0.3 is 22.4 Å². The summed E-state index contributed by atoms with van der Waals surface area (Å²) in [6.45, 7) is -6.30. The van der Waals surface area contributed by atoms with Crippen molar-refractivity contribution in [2.45, 2.75) is 31.0 Å². The highest BCUT2D eigenvalue weighted by Crippen LogP contribution is 2.68. The Bertz CT molecular complexity index is 1260. The summed E-state index contributed by atoms with van der Waals surface area (Å²) in [5.41, 5.74) is 6.09. The summed E-state index contributed by atoms with van der Waals surface area (Å²) in [7, 11) is -10.3. The molecule has 2 aromatic heterocycles. The molecular weight excluding hydrogens is 557 g/mol. The van der Waals surface area contributed by atoms with Gasteiger partial charge in [-0.05, 0) is 11.8 Å². The smallest absolute Gasteiger partial charge is 0.387 e. The molecule has 7 N–H and O–H groups in total. The summed E-state index contributed by atoms with van der Waals surface area (Å²) in [5, 5.41) is 29.0. The van der Waals surface area contributed by atoms with E-state index in [0.717, 1.165) is 6.33 Å². The van der Waals surface area contributed by atoms with E-state index in [-0.39, 0.29) is 23.4 Å². The van der Waals surface area contributed by atoms with E-state index in [9.17, 15) is 34.0 Å². The number of aromatic nitrogens is 4. The fraction of sp³-hybridized carbons (Fsp3) is 0.538. The molecule has 3 heterocycles. The minimum Gasteiger partial charge on any atom is -0.387 e. The number of hydrogen-bond donors (Lipinski definition) is 6. The van der Waals surface area contributed by atoms with Crippen molar-refractivity contribution in [3.63, 3.8) is 0 Å². The Morgan fingerprint density at radius 1 is 1.14 bits per heavy atom. The molecule has 7 unspecified atom stereocenters. The van der Waals surface area contributed by atoms with Gasteiger partial charge in [-0.2, -0.15) is 5.26 Å². The summed E-state index contributed by atoms with van der Waals surface area (Å²) < 4.78 is 48.1. The topological polar surface area (TPSA) is 275 Å². The summed E-state index contributed by atoms with van der Waals surface area (Å²) >= 11 is 4.42. The molecule has 1 fully saturated rings. The summed E-state index contributed by atoms with van der Waals surface area (Å²) in [4.78, 5) is 40.9. The Balaban J connectivity index is 1.62. The van der Waals surface area contributed by atoms with Gasteiger partial charge in [-0.1, -0.05) is 0 Å². The number of fused-ring (bicyclic) bond motifs is 1. The first-order valence-electron chi connectivity index (χ1n) is 9.27. The number of aliphatic hydroxyl groups excluding tert-OH is 2. The number of nitriles is 1. The van der Waals surface area contributed by atoms with Gasteiger partial charge in [-0.15, -0.1) is 0 Å². The number of phosphoric ester groups is 2. The maximum Gasteiger partial charge on any atom is 0.479 e. The van der Waals surface area contributed by atoms with Crippen LogP contribution in [0.4, 0.5) is 5.82 Å². The lowest BCUT2D eigenvalue weighted by molar-refractivity contribution is -0.0502. The lowest BCUT2D eigenvalue weighted by Gasteiger charge is -2.22. The second-order valence-electron chi connectivity index (χ2n) is 6.74. The van der Waals surface area contributed by atoms with Gasteiger partial charge in [0.2, 0.25) is 0 Å². The average Bonchev–Trinajstić information content (AvgIpc) is 3.27. The van der Waals surface area contributed by atoms with E-state index in [1.807, 2.05) is 0 Å². The van der Waals surface area contributed by atoms with E-state index in [1.165, 1.54) is 10.9 Å². The number of nitrogens with two attached hydrogens (primary N) is 1. The SMILES string of the molecule is N#CCCOP(=O)(O)OP(O)(=S)OP(=O)(O)OCC1OC(n2cnc3c(N)ncnc32)C(O)C1O. The van der Waals surface area contributed by atoms with Gasteiger partial charge in [-0.3, -0.25) is 13.6 Å². The number of aliphatic hydroxyl groups is 2. The molecule has 1 aliphatic heterocycles. The first-order chi connectivity index (χ1) is 16.3. The van der Waals surface area contributed by atoms with E-state index in [1.54, 1.807) is 6.07 Å². The van der Waals surface area contributed by atoms with Crippen molar-refractivity contribution >= 4 is 51.2 Å². The number of nitrogens with zero attached hydrogens (tertiary/aromatic N) is 5. The van der Waals surface area contributed by atoms with Crippen LogP contribution in [0.15, 0.2) is 12.7 Å². The largest absolute Gasteiger partial charge is 0.479 e. The third-order valence-electron chi connectivity index (χ3n) is 4.28. The quantitative estimate of drug-likeness (QED) is 0.144. The molecular formula is C13H19N6O12P3S. The van der Waals surface area contributed by atoms with Crippen LogP contribution in [0.3, 0.4) is 0 Å². The Hall–Kier alpha value is -1.45. The van der Waals surface area contributed by atoms with Crippen molar-refractivity contribution in [1.29, 1.82) is 5.26 Å². The molecule has 0 aliphatic carbocycles. The molecule has 1 saturated heterocycles. The Morgan fingerprint density at radius 3 is 2.46 bits per heavy atom. The van der Waals surface area contributed by atoms with Gasteiger partial charge in [0.15, 0.2) is 17.7 Å². The van der Waals surface area contributed by atoms with Crippen LogP contribution < -0.4 is 5.73 Å². The lowest BCUT2D eigenvalue weighted by atomic mass is 10.1. The molecule has 1 aliphatic rings. The molecule has 0 amide bonds. The predicted octanol–water partition coefficient (Wildman–Crippen LogP) is -0.575. The summed E-state index contributed by atoms with van der Waals surface area (Å²) in [6.07, 6.45) is -3.76. The molecule has 22 heteroatoms. The molecule has 18 nitrogen and oxygen atoms in total. The number of nitrogen functional groups attached to an aromatic ring is 1. The van der Waals surface area contributed by atoms with Crippen LogP contribution in [0.1, 0.15) is 12.6 Å². The molecule has 194 valence electrons. The monoisotopic (exact) mass is 576 g/mol. The highest BCUT2D eigenvalue weighted by Gasteiger charge is 2.46. The van der Waals surface area contributed by atoms with Crippen LogP contribution in [-0.4, -0.2) is 75.9 Å². The summed E-state index contributed by atoms with van der Waals surface area (Å²) in [5.74, 6) is 0.0601. The number of ether oxygens (including phenoxy) is 1. The molecule has 0 saturated carbocycles. The molecule has 2 aromatic rings. The Labute approximate surface area is 201 Å². The van der Waals surface area contributed by atoms with Gasteiger partial charge in [0.25, 0.3) is 0 Å². The van der Waals surface area contributed by atoms with Gasteiger partial charge in [0.1, 0.15) is 30.2 Å². The zero-order chi connectivity index (χ0) is 26.0. The molecule has 0 bridgehead atoms. The van der Waals surface area contributed by atoms with Crippen LogP contribution >= 0.6 is 22.4 Å². The fourth-order valence-corrected chi connectivity index (χ4v) is 7.87. The van der Waals surface area contributed by atoms with E-state index in [0.29, 0.717) is 0 Å². The molecule has 0 aromatic carbocycles. The van der Waals surface area contributed by atoms with Crippen molar-refractivity contribution in [2.24, 2.45) is 0 Å². The summed E-state index contributed by atoms with van der Waals surface area (Å²) in [6, 6.07) is 1.62. The van der Waals surface area contributed by atoms with Crippen molar-refractivity contribution < 1.29 is 56.4 Å². The standard InChI is InChI=1S/C13H19N6O12P3S/c14-2-1-3-27-32(22,23)30-34(26,35)31-33(24,25)28-4-7-9(20)10(21)13(29-7)19-6-18-8-11(15)16-5-17-12(8)19/h5-7,9-10,13,20-21H,1,3-4H2,(H,22,23)(H,24,25)(H,26,35)(H2,15,16,17). The van der Waals surface area contributed by atoms with Crippen LogP contribution in [0.25, 0.3) is 11.2 Å². The van der Waals surface area contributed by atoms with Gasteiger partial charge in [0.05, 0.1) is 32.0 Å². The maximum absolute atomic E-state index is 12.2. The zero-order valence-corrected chi connectivity index (χ0v) is 20.7. The molecule has 3 rings (SSSR count). The lowest BCUT2D eigenvalue weighted by Crippen LogP contribution is -2.33. The van der Waals surface area contributed by atoms with Crippen molar-refractivity contribution in [1.82, 2.24) is 19.5 Å². The third kappa shape index (κ3) is 7.07. The second kappa shape index (κ2) is 10.9. The van der Waals surface area contributed by atoms with Crippen molar-refractivity contribution in [2.75, 3.05) is 18.9 Å². The number of phosphoric acid groups is 2. The second-order valence-corrected chi connectivity index (χ2v) is 12.8. The molecule has 0 radical (unpaired) electrons. The van der Waals surface area contributed by atoms with Crippen molar-refractivity contribution in [3.05, 3.63) is 12.7 Å². The molecule has 0 spiro atoms. The molecule has 35 heavy (non-hydrogen) atoms. The van der Waals surface area contributed by atoms with Crippen LogP contribution in [0.5, 0.6) is 0 Å². The van der Waals surface area contributed by atoms with Gasteiger partial charge in [0, 0.05) is 0 Å². The van der Waals surface area contributed by atoms with Crippen LogP contribution in [0.2, 0.25) is 0 Å². The Morgan fingerprint density at radius 2 is 1.80 bits per heavy atom. The van der Waals surface area contributed by atoms with Crippen LogP contribution in [0, 0.1) is 11.3 Å². The number of hydrogen-bond acceptors (Lipinski definition) is 15. The third-order valence-corrected chi connectivity index (χ3v) is 9.77. The minimum atomic E-state index is -5.25. The van der Waals surface area contributed by atoms with E-state index in [4.69, 9.17) is 15.7 Å². The van der Waals surface area contributed by atoms with E-state index in [2.05, 4.69) is 44.4 Å². The van der Waals surface area contributed by atoms with Crippen molar-refractivity contribution in [3.8, 4) is 6.07 Å². The highest BCUT2D eigenvalue weighted by atomic mass is 32.5. The highest BCUT2D eigenvalue weighted by molar-refractivity contribution is 8.09. The maximum atomic E-state index is 12.2. The van der Waals surface area contributed by atoms with Gasteiger partial charge < -0.3 is 35.4 Å². The zero-order valence-electron chi connectivity index (χ0n) is 17.2. The fourth-order valence-electron chi connectivity index (χ4n) is 2.85. The number of imidazole rings is 1. The number of anilines is 1. The number of rotatable bonds is 11. The van der Waals surface area contributed by atoms with E-state index < -0.39 is 60.1 Å². The Kier molecular flexibility index (Phi) is 8.75. The van der Waals surface area contributed by atoms with Gasteiger partial charge in [-0.25, -0.2) is 32.7 Å². The first kappa shape index (κ1) is 28.1. The average molecular weight is 576 g/mol. The minimum absolute atomic E-state index is 0.0601. The first-order valence-corrected chi connectivity index (χ1v) is 14.8. The normalized spacial score (nSPS) is 27.7. The molecule has 7 atom stereocenters.